The fourth-order valence-electron chi connectivity index (χ4n) is 2.36. The molecule has 3 aromatic rings. The Morgan fingerprint density at radius 1 is 1.00 bits per heavy atom. The van der Waals surface area contributed by atoms with Crippen LogP contribution in [0.5, 0.6) is 5.75 Å². The smallest absolute Gasteiger partial charge is 0.191 e. The molecule has 2 aromatic carbocycles. The maximum absolute atomic E-state index is 5.93. The van der Waals surface area contributed by atoms with Crippen LogP contribution in [0, 0.1) is 6.92 Å². The third kappa shape index (κ3) is 3.74. The number of rotatable bonds is 6. The summed E-state index contributed by atoms with van der Waals surface area (Å²) >= 11 is 1.59. The lowest BCUT2D eigenvalue weighted by atomic mass is 10.2. The van der Waals surface area contributed by atoms with Crippen LogP contribution in [0.25, 0.3) is 0 Å². The minimum atomic E-state index is 0.408. The number of para-hydroxylation sites is 1. The van der Waals surface area contributed by atoms with Gasteiger partial charge in [-0.1, -0.05) is 60.3 Å². The Labute approximate surface area is 140 Å². The van der Waals surface area contributed by atoms with Crippen molar-refractivity contribution in [2.24, 2.45) is 0 Å². The van der Waals surface area contributed by atoms with E-state index in [1.54, 1.807) is 11.8 Å². The zero-order valence-electron chi connectivity index (χ0n) is 13.3. The van der Waals surface area contributed by atoms with Crippen LogP contribution in [0.1, 0.15) is 17.0 Å². The average Bonchev–Trinajstić information content (AvgIpc) is 2.97. The molecule has 23 heavy (non-hydrogen) atoms. The molecular weight excluding hydrogens is 306 g/mol. The van der Waals surface area contributed by atoms with E-state index in [1.807, 2.05) is 55.6 Å². The maximum Gasteiger partial charge on any atom is 0.191 e. The first-order chi connectivity index (χ1) is 11.3. The van der Waals surface area contributed by atoms with E-state index < -0.39 is 0 Å². The molecule has 1 aromatic heterocycles. The van der Waals surface area contributed by atoms with Crippen molar-refractivity contribution in [1.29, 1.82) is 0 Å². The largest absolute Gasteiger partial charge is 0.485 e. The lowest BCUT2D eigenvalue weighted by Gasteiger charge is -2.11. The zero-order chi connectivity index (χ0) is 16.1. The number of aryl methyl sites for hydroxylation is 1. The standard InChI is InChI=1S/C18H19N3OS/c1-14-8-6-7-11-16(14)22-13-17-19-20-18(23-2)21(17)12-15-9-4-3-5-10-15/h3-11H,12-13H2,1-2H3. The van der Waals surface area contributed by atoms with Crippen LogP contribution >= 0.6 is 11.8 Å². The van der Waals surface area contributed by atoms with Crippen LogP contribution in [0.15, 0.2) is 59.8 Å². The molecule has 0 aliphatic carbocycles. The fourth-order valence-corrected chi connectivity index (χ4v) is 2.88. The minimum absolute atomic E-state index is 0.408. The van der Waals surface area contributed by atoms with Crippen molar-refractivity contribution in [2.75, 3.05) is 6.26 Å². The van der Waals surface area contributed by atoms with Crippen LogP contribution in [-0.2, 0) is 13.2 Å². The van der Waals surface area contributed by atoms with Gasteiger partial charge in [-0.25, -0.2) is 0 Å². The van der Waals surface area contributed by atoms with Crippen molar-refractivity contribution in [3.8, 4) is 5.75 Å². The summed E-state index contributed by atoms with van der Waals surface area (Å²) < 4.78 is 8.04. The number of nitrogens with zero attached hydrogens (tertiary/aromatic N) is 3. The van der Waals surface area contributed by atoms with Gasteiger partial charge in [-0.3, -0.25) is 4.57 Å². The van der Waals surface area contributed by atoms with E-state index in [0.717, 1.165) is 28.8 Å². The predicted octanol–water partition coefficient (Wildman–Crippen LogP) is 3.94. The molecule has 4 nitrogen and oxygen atoms in total. The lowest BCUT2D eigenvalue weighted by Crippen LogP contribution is -2.09. The molecule has 5 heteroatoms. The molecule has 0 saturated carbocycles. The summed E-state index contributed by atoms with van der Waals surface area (Å²) in [7, 11) is 0. The highest BCUT2D eigenvalue weighted by atomic mass is 32.2. The van der Waals surface area contributed by atoms with Crippen molar-refractivity contribution >= 4 is 11.8 Å². The summed E-state index contributed by atoms with van der Waals surface area (Å²) in [6.07, 6.45) is 2.01. The van der Waals surface area contributed by atoms with Gasteiger partial charge in [-0.05, 0) is 30.4 Å². The van der Waals surface area contributed by atoms with E-state index in [2.05, 4.69) is 26.9 Å². The minimum Gasteiger partial charge on any atom is -0.485 e. The topological polar surface area (TPSA) is 39.9 Å². The Balaban J connectivity index is 1.80. The Hall–Kier alpha value is -2.27. The Morgan fingerprint density at radius 3 is 2.48 bits per heavy atom. The van der Waals surface area contributed by atoms with Gasteiger partial charge in [-0.15, -0.1) is 10.2 Å². The van der Waals surface area contributed by atoms with E-state index in [0.29, 0.717) is 6.61 Å². The molecule has 118 valence electrons. The highest BCUT2D eigenvalue weighted by Gasteiger charge is 2.13. The molecule has 0 aliphatic heterocycles. The van der Waals surface area contributed by atoms with Gasteiger partial charge in [0.25, 0.3) is 0 Å². The highest BCUT2D eigenvalue weighted by Crippen LogP contribution is 2.20. The molecule has 3 rings (SSSR count). The van der Waals surface area contributed by atoms with Crippen LogP contribution in [0.2, 0.25) is 0 Å². The molecule has 0 atom stereocenters. The number of hydrogen-bond donors (Lipinski definition) is 0. The first kappa shape index (κ1) is 15.6. The molecule has 0 aliphatic rings. The number of ether oxygens (including phenoxy) is 1. The molecule has 0 N–H and O–H groups in total. The predicted molar refractivity (Wildman–Crippen MR) is 92.9 cm³/mol. The number of hydrogen-bond acceptors (Lipinski definition) is 4. The molecule has 0 amide bonds. The van der Waals surface area contributed by atoms with Crippen molar-refractivity contribution in [3.63, 3.8) is 0 Å². The molecule has 1 heterocycles. The normalized spacial score (nSPS) is 10.7. The van der Waals surface area contributed by atoms with Gasteiger partial charge < -0.3 is 4.74 Å². The van der Waals surface area contributed by atoms with Gasteiger partial charge in [-0.2, -0.15) is 0 Å². The zero-order valence-corrected chi connectivity index (χ0v) is 14.1. The third-order valence-corrected chi connectivity index (χ3v) is 4.28. The maximum atomic E-state index is 5.93. The Bertz CT molecular complexity index is 771. The summed E-state index contributed by atoms with van der Waals surface area (Å²) in [5, 5.41) is 9.46. The highest BCUT2D eigenvalue weighted by molar-refractivity contribution is 7.98. The molecule has 0 saturated heterocycles. The van der Waals surface area contributed by atoms with Crippen molar-refractivity contribution in [1.82, 2.24) is 14.8 Å². The second kappa shape index (κ2) is 7.33. The van der Waals surface area contributed by atoms with Gasteiger partial charge in [0, 0.05) is 0 Å². The van der Waals surface area contributed by atoms with Gasteiger partial charge in [0.1, 0.15) is 12.4 Å². The summed E-state index contributed by atoms with van der Waals surface area (Å²) in [6.45, 7) is 3.19. The second-order valence-corrected chi connectivity index (χ2v) is 6.00. The Kier molecular flexibility index (Phi) is 4.98. The van der Waals surface area contributed by atoms with Gasteiger partial charge >= 0.3 is 0 Å². The molecule has 0 radical (unpaired) electrons. The SMILES string of the molecule is CSc1nnc(COc2ccccc2C)n1Cc1ccccc1. The third-order valence-electron chi connectivity index (χ3n) is 3.61. The first-order valence-electron chi connectivity index (χ1n) is 7.46. The van der Waals surface area contributed by atoms with E-state index >= 15 is 0 Å². The van der Waals surface area contributed by atoms with Crippen LogP contribution < -0.4 is 4.74 Å². The van der Waals surface area contributed by atoms with Crippen LogP contribution in [0.4, 0.5) is 0 Å². The molecular formula is C18H19N3OS. The number of benzene rings is 2. The van der Waals surface area contributed by atoms with Gasteiger partial charge in [0.05, 0.1) is 6.54 Å². The lowest BCUT2D eigenvalue weighted by molar-refractivity contribution is 0.287. The number of aromatic nitrogens is 3. The molecule has 0 spiro atoms. The second-order valence-electron chi connectivity index (χ2n) is 5.23. The number of thioether (sulfide) groups is 1. The van der Waals surface area contributed by atoms with Crippen molar-refractivity contribution in [3.05, 3.63) is 71.5 Å². The van der Waals surface area contributed by atoms with E-state index in [9.17, 15) is 0 Å². The summed E-state index contributed by atoms with van der Waals surface area (Å²) in [4.78, 5) is 0. The average molecular weight is 325 g/mol. The summed E-state index contributed by atoms with van der Waals surface area (Å²) in [5.41, 5.74) is 2.34. The first-order valence-corrected chi connectivity index (χ1v) is 8.69. The van der Waals surface area contributed by atoms with Crippen LogP contribution in [0.3, 0.4) is 0 Å². The van der Waals surface area contributed by atoms with Gasteiger partial charge in [0.15, 0.2) is 11.0 Å². The quantitative estimate of drug-likeness (QED) is 0.644. The summed E-state index contributed by atoms with van der Waals surface area (Å²) in [6, 6.07) is 18.3. The fraction of sp³-hybridized carbons (Fsp3) is 0.222. The molecule has 0 fully saturated rings. The van der Waals surface area contributed by atoms with Gasteiger partial charge in [0.2, 0.25) is 0 Å². The van der Waals surface area contributed by atoms with E-state index in [-0.39, 0.29) is 0 Å². The van der Waals surface area contributed by atoms with Crippen molar-refractivity contribution < 1.29 is 4.74 Å². The Morgan fingerprint density at radius 2 is 1.74 bits per heavy atom. The van der Waals surface area contributed by atoms with E-state index in [4.69, 9.17) is 4.74 Å². The monoisotopic (exact) mass is 325 g/mol. The summed E-state index contributed by atoms with van der Waals surface area (Å²) in [5.74, 6) is 1.72. The molecule has 0 bridgehead atoms. The van der Waals surface area contributed by atoms with Crippen LogP contribution in [-0.4, -0.2) is 21.0 Å². The van der Waals surface area contributed by atoms with Crippen molar-refractivity contribution in [2.45, 2.75) is 25.2 Å². The molecule has 0 unspecified atom stereocenters. The van der Waals surface area contributed by atoms with E-state index in [1.165, 1.54) is 5.56 Å².